The van der Waals surface area contributed by atoms with Crippen molar-refractivity contribution in [3.8, 4) is 0 Å². The smallest absolute Gasteiger partial charge is 0.176 e. The van der Waals surface area contributed by atoms with E-state index < -0.39 is 11.8 Å². The molecular formula is C18H30N2O3S. The summed E-state index contributed by atoms with van der Waals surface area (Å²) in [5.74, 6) is 2.57. The Hall–Kier alpha value is -0.950. The van der Waals surface area contributed by atoms with Crippen LogP contribution in [0.1, 0.15) is 26.7 Å². The molecule has 3 unspecified atom stereocenters. The van der Waals surface area contributed by atoms with Crippen LogP contribution in [0, 0.1) is 5.92 Å². The highest BCUT2D eigenvalue weighted by atomic mass is 32.2. The van der Waals surface area contributed by atoms with E-state index in [1.165, 1.54) is 7.11 Å². The molecule has 5 nitrogen and oxygen atoms in total. The summed E-state index contributed by atoms with van der Waals surface area (Å²) in [7, 11) is 3.23. The van der Waals surface area contributed by atoms with Crippen LogP contribution < -0.4 is 10.6 Å². The summed E-state index contributed by atoms with van der Waals surface area (Å²) in [4.78, 5) is 0. The maximum absolute atomic E-state index is 9.94. The predicted molar refractivity (Wildman–Crippen MR) is 99.5 cm³/mol. The van der Waals surface area contributed by atoms with Gasteiger partial charge in [-0.1, -0.05) is 6.08 Å². The highest BCUT2D eigenvalue weighted by Gasteiger charge is 2.29. The van der Waals surface area contributed by atoms with Gasteiger partial charge in [-0.25, -0.2) is 0 Å². The fourth-order valence-electron chi connectivity index (χ4n) is 2.80. The molecule has 24 heavy (non-hydrogen) atoms. The molecule has 0 amide bonds. The van der Waals surface area contributed by atoms with E-state index >= 15 is 0 Å². The van der Waals surface area contributed by atoms with Crippen LogP contribution in [-0.2, 0) is 9.47 Å². The first-order valence-electron chi connectivity index (χ1n) is 8.41. The molecule has 0 radical (unpaired) electrons. The molecule has 0 saturated carbocycles. The molecule has 1 heterocycles. The first-order valence-corrected chi connectivity index (χ1v) is 9.46. The fourth-order valence-corrected chi connectivity index (χ4v) is 4.00. The topological polar surface area (TPSA) is 62.8 Å². The zero-order valence-electron chi connectivity index (χ0n) is 15.0. The number of hydrogen-bond acceptors (Lipinski definition) is 6. The number of aliphatic hydroxyl groups is 1. The second-order valence-electron chi connectivity index (χ2n) is 6.75. The van der Waals surface area contributed by atoms with E-state index in [0.717, 1.165) is 36.6 Å². The average molecular weight is 355 g/mol. The van der Waals surface area contributed by atoms with Gasteiger partial charge in [0.05, 0.1) is 18.0 Å². The van der Waals surface area contributed by atoms with Crippen molar-refractivity contribution < 1.29 is 14.6 Å². The molecule has 136 valence electrons. The quantitative estimate of drug-likeness (QED) is 0.582. The van der Waals surface area contributed by atoms with Gasteiger partial charge >= 0.3 is 0 Å². The third kappa shape index (κ3) is 5.55. The van der Waals surface area contributed by atoms with Crippen LogP contribution in [0.3, 0.4) is 0 Å². The molecule has 2 rings (SSSR count). The van der Waals surface area contributed by atoms with Crippen LogP contribution in [0.25, 0.3) is 0 Å². The molecule has 0 aromatic carbocycles. The van der Waals surface area contributed by atoms with Gasteiger partial charge in [0.25, 0.3) is 0 Å². The molecule has 0 spiro atoms. The van der Waals surface area contributed by atoms with Crippen molar-refractivity contribution in [2.45, 2.75) is 43.9 Å². The van der Waals surface area contributed by atoms with E-state index in [4.69, 9.17) is 9.47 Å². The fraction of sp³-hybridized carbons (Fsp3) is 0.667. The first-order chi connectivity index (χ1) is 11.4. The average Bonchev–Trinajstić information content (AvgIpc) is 2.59. The number of aliphatic hydroxyl groups excluding tert-OH is 1. The molecule has 1 aliphatic carbocycles. The van der Waals surface area contributed by atoms with E-state index in [-0.39, 0.29) is 5.37 Å². The highest BCUT2D eigenvalue weighted by molar-refractivity contribution is 8.00. The Morgan fingerprint density at radius 2 is 2.25 bits per heavy atom. The first kappa shape index (κ1) is 19.4. The van der Waals surface area contributed by atoms with Gasteiger partial charge < -0.3 is 25.2 Å². The Kier molecular flexibility index (Phi) is 7.22. The molecule has 0 saturated heterocycles. The monoisotopic (exact) mass is 354 g/mol. The number of rotatable bonds is 8. The molecule has 3 atom stereocenters. The Morgan fingerprint density at radius 1 is 1.46 bits per heavy atom. The third-order valence-corrected chi connectivity index (χ3v) is 5.58. The van der Waals surface area contributed by atoms with Gasteiger partial charge in [0.15, 0.2) is 6.29 Å². The van der Waals surface area contributed by atoms with E-state index in [1.54, 1.807) is 7.11 Å². The molecule has 3 N–H and O–H groups in total. The lowest BCUT2D eigenvalue weighted by Gasteiger charge is -2.34. The second-order valence-corrected chi connectivity index (χ2v) is 7.92. The summed E-state index contributed by atoms with van der Waals surface area (Å²) in [6.07, 6.45) is 9.78. The van der Waals surface area contributed by atoms with Gasteiger partial charge in [-0.2, -0.15) is 0 Å². The van der Waals surface area contributed by atoms with Crippen LogP contribution in [0.5, 0.6) is 0 Å². The van der Waals surface area contributed by atoms with Crippen LogP contribution in [0.4, 0.5) is 0 Å². The SMILES string of the molecule is COC1=CCC(CSC2C=C(NC(C)(C)C(O)OC)CCN2)C=C1. The molecule has 0 aromatic heterocycles. The molecule has 0 bridgehead atoms. The number of hydrogen-bond donors (Lipinski definition) is 3. The Labute approximate surface area is 149 Å². The Morgan fingerprint density at radius 3 is 2.88 bits per heavy atom. The molecule has 6 heteroatoms. The van der Waals surface area contributed by atoms with Crippen molar-refractivity contribution in [2.75, 3.05) is 26.5 Å². The summed E-state index contributed by atoms with van der Waals surface area (Å²) in [5.41, 5.74) is 0.647. The number of methoxy groups -OCH3 is 2. The van der Waals surface area contributed by atoms with Crippen LogP contribution >= 0.6 is 11.8 Å². The minimum atomic E-state index is -0.839. The van der Waals surface area contributed by atoms with E-state index in [0.29, 0.717) is 5.92 Å². The molecule has 2 aliphatic rings. The van der Waals surface area contributed by atoms with Crippen molar-refractivity contribution in [2.24, 2.45) is 5.92 Å². The van der Waals surface area contributed by atoms with Crippen LogP contribution in [0.15, 0.2) is 35.8 Å². The lowest BCUT2D eigenvalue weighted by molar-refractivity contribution is -0.121. The minimum Gasteiger partial charge on any atom is -0.497 e. The standard InChI is InChI=1S/C18H30N2O3S/c1-18(2,17(21)23-4)20-14-9-10-19-16(11-14)24-12-13-5-7-15(22-3)8-6-13/h5,7-8,11,13,16-17,19-21H,6,9-10,12H2,1-4H3. The largest absolute Gasteiger partial charge is 0.497 e. The summed E-state index contributed by atoms with van der Waals surface area (Å²) >= 11 is 1.91. The highest BCUT2D eigenvalue weighted by Crippen LogP contribution is 2.25. The summed E-state index contributed by atoms with van der Waals surface area (Å²) < 4.78 is 10.3. The van der Waals surface area contributed by atoms with Crippen LogP contribution in [0.2, 0.25) is 0 Å². The van der Waals surface area contributed by atoms with Crippen molar-refractivity contribution in [1.29, 1.82) is 0 Å². The van der Waals surface area contributed by atoms with Crippen molar-refractivity contribution >= 4 is 11.8 Å². The third-order valence-electron chi connectivity index (χ3n) is 4.30. The van der Waals surface area contributed by atoms with Gasteiger partial charge in [0.1, 0.15) is 5.76 Å². The maximum atomic E-state index is 9.94. The Balaban J connectivity index is 1.84. The van der Waals surface area contributed by atoms with Gasteiger partial charge in [0.2, 0.25) is 0 Å². The van der Waals surface area contributed by atoms with E-state index in [2.05, 4.69) is 34.9 Å². The molecule has 1 aliphatic heterocycles. The van der Waals surface area contributed by atoms with E-state index in [1.807, 2.05) is 25.6 Å². The maximum Gasteiger partial charge on any atom is 0.176 e. The number of thioether (sulfide) groups is 1. The van der Waals surface area contributed by atoms with Crippen molar-refractivity contribution in [3.05, 3.63) is 35.8 Å². The number of allylic oxidation sites excluding steroid dienone is 3. The molecular weight excluding hydrogens is 324 g/mol. The van der Waals surface area contributed by atoms with Gasteiger partial charge in [-0.05, 0) is 50.8 Å². The predicted octanol–water partition coefficient (Wildman–Crippen LogP) is 2.36. The number of nitrogens with one attached hydrogen (secondary N) is 2. The summed E-state index contributed by atoms with van der Waals surface area (Å²) in [6, 6.07) is 0. The zero-order valence-corrected chi connectivity index (χ0v) is 15.9. The summed E-state index contributed by atoms with van der Waals surface area (Å²) in [6.45, 7) is 4.82. The van der Waals surface area contributed by atoms with Crippen LogP contribution in [-0.4, -0.2) is 48.8 Å². The normalized spacial score (nSPS) is 25.7. The van der Waals surface area contributed by atoms with Crippen molar-refractivity contribution in [1.82, 2.24) is 10.6 Å². The Bertz CT molecular complexity index is 502. The zero-order chi connectivity index (χ0) is 17.6. The van der Waals surface area contributed by atoms with Gasteiger partial charge in [0, 0.05) is 25.1 Å². The van der Waals surface area contributed by atoms with Gasteiger partial charge in [-0.15, -0.1) is 11.8 Å². The summed E-state index contributed by atoms with van der Waals surface area (Å²) in [5, 5.41) is 17.2. The molecule has 0 aromatic rings. The van der Waals surface area contributed by atoms with Gasteiger partial charge in [-0.3, -0.25) is 0 Å². The molecule has 0 fully saturated rings. The van der Waals surface area contributed by atoms with Crippen molar-refractivity contribution in [3.63, 3.8) is 0 Å². The lowest BCUT2D eigenvalue weighted by Crippen LogP contribution is -2.51. The lowest BCUT2D eigenvalue weighted by atomic mass is 10.0. The second kappa shape index (κ2) is 8.94. The van der Waals surface area contributed by atoms with E-state index in [9.17, 15) is 5.11 Å². The number of ether oxygens (including phenoxy) is 2. The minimum absolute atomic E-state index is 0.290.